The summed E-state index contributed by atoms with van der Waals surface area (Å²) in [6.07, 6.45) is 1.80. The van der Waals surface area contributed by atoms with Crippen molar-refractivity contribution < 1.29 is 0 Å². The molecule has 0 saturated carbocycles. The molecule has 1 heterocycles. The topological polar surface area (TPSA) is 55.0 Å². The van der Waals surface area contributed by atoms with Gasteiger partial charge in [-0.15, -0.1) is 0 Å². The van der Waals surface area contributed by atoms with Gasteiger partial charge in [-0.05, 0) is 26.7 Å². The second kappa shape index (κ2) is 5.68. The molecule has 0 unspecified atom stereocenters. The zero-order valence-corrected chi connectivity index (χ0v) is 10.7. The van der Waals surface area contributed by atoms with Crippen LogP contribution in [0, 0.1) is 0 Å². The summed E-state index contributed by atoms with van der Waals surface area (Å²) in [6.45, 7) is 10.2. The number of rotatable bonds is 5. The molecule has 2 N–H and O–H groups in total. The minimum atomic E-state index is 0.635. The zero-order chi connectivity index (χ0) is 12.1. The van der Waals surface area contributed by atoms with Crippen LogP contribution in [-0.2, 0) is 12.8 Å². The molecule has 90 valence electrons. The van der Waals surface area contributed by atoms with Gasteiger partial charge in [-0.3, -0.25) is 0 Å². The van der Waals surface area contributed by atoms with Crippen LogP contribution >= 0.6 is 0 Å². The fourth-order valence-electron chi connectivity index (χ4n) is 1.86. The highest BCUT2D eigenvalue weighted by molar-refractivity contribution is 5.48. The number of nitrogens with zero attached hydrogens (tertiary/aromatic N) is 3. The summed E-state index contributed by atoms with van der Waals surface area (Å²) in [7, 11) is 0. The van der Waals surface area contributed by atoms with Crippen LogP contribution < -0.4 is 10.6 Å². The predicted octanol–water partition coefficient (Wildman–Crippen LogP) is 2.03. The summed E-state index contributed by atoms with van der Waals surface area (Å²) in [5.41, 5.74) is 8.15. The minimum Gasteiger partial charge on any atom is -0.383 e. The Morgan fingerprint density at radius 1 is 1.00 bits per heavy atom. The molecule has 0 spiro atoms. The van der Waals surface area contributed by atoms with Crippen LogP contribution in [0.2, 0.25) is 0 Å². The average Bonchev–Trinajstić information content (AvgIpc) is 2.29. The molecule has 1 aromatic heterocycles. The second-order valence-corrected chi connectivity index (χ2v) is 3.71. The molecule has 16 heavy (non-hydrogen) atoms. The van der Waals surface area contributed by atoms with Gasteiger partial charge in [-0.2, -0.15) is 4.98 Å². The Kier molecular flexibility index (Phi) is 4.52. The quantitative estimate of drug-likeness (QED) is 0.828. The highest BCUT2D eigenvalue weighted by Crippen LogP contribution is 2.19. The molecular weight excluding hydrogens is 200 g/mol. The van der Waals surface area contributed by atoms with Crippen molar-refractivity contribution in [2.24, 2.45) is 0 Å². The van der Waals surface area contributed by atoms with E-state index in [9.17, 15) is 0 Å². The van der Waals surface area contributed by atoms with Crippen LogP contribution in [0.5, 0.6) is 0 Å². The molecule has 4 nitrogen and oxygen atoms in total. The van der Waals surface area contributed by atoms with Gasteiger partial charge in [0.15, 0.2) is 0 Å². The number of anilines is 2. The maximum Gasteiger partial charge on any atom is 0.227 e. The fraction of sp³-hybridized carbons (Fsp3) is 0.667. The Balaban J connectivity index is 3.19. The van der Waals surface area contributed by atoms with E-state index in [2.05, 4.69) is 42.6 Å². The van der Waals surface area contributed by atoms with Crippen molar-refractivity contribution in [2.45, 2.75) is 40.5 Å². The Labute approximate surface area is 97.9 Å². The molecule has 1 aromatic rings. The molecule has 0 aromatic carbocycles. The lowest BCUT2D eigenvalue weighted by molar-refractivity contribution is 0.804. The van der Waals surface area contributed by atoms with E-state index >= 15 is 0 Å². The third kappa shape index (κ3) is 2.43. The van der Waals surface area contributed by atoms with Crippen molar-refractivity contribution in [1.29, 1.82) is 0 Å². The maximum atomic E-state index is 5.98. The van der Waals surface area contributed by atoms with Crippen LogP contribution in [0.4, 0.5) is 11.8 Å². The Bertz CT molecular complexity index is 345. The third-order valence-electron chi connectivity index (χ3n) is 2.85. The molecule has 0 aliphatic rings. The van der Waals surface area contributed by atoms with E-state index in [4.69, 9.17) is 5.73 Å². The molecule has 0 amide bonds. The summed E-state index contributed by atoms with van der Waals surface area (Å²) in [4.78, 5) is 11.1. The van der Waals surface area contributed by atoms with Crippen molar-refractivity contribution in [3.63, 3.8) is 0 Å². The van der Waals surface area contributed by atoms with Crippen molar-refractivity contribution in [1.82, 2.24) is 9.97 Å². The summed E-state index contributed by atoms with van der Waals surface area (Å²) < 4.78 is 0. The van der Waals surface area contributed by atoms with Crippen molar-refractivity contribution in [3.8, 4) is 0 Å². The molecule has 0 radical (unpaired) electrons. The number of hydrogen-bond donors (Lipinski definition) is 1. The number of aromatic nitrogens is 2. The number of nitrogens with two attached hydrogens (primary N) is 1. The number of aryl methyl sites for hydroxylation is 1. The standard InChI is InChI=1S/C12H22N4/c1-5-9-10(6-2)14-12(15-11(9)13)16(7-3)8-4/h5-8H2,1-4H3,(H2,13,14,15). The third-order valence-corrected chi connectivity index (χ3v) is 2.85. The molecule has 4 heteroatoms. The lowest BCUT2D eigenvalue weighted by Crippen LogP contribution is -2.25. The van der Waals surface area contributed by atoms with E-state index in [1.54, 1.807) is 0 Å². The summed E-state index contributed by atoms with van der Waals surface area (Å²) in [5.74, 6) is 1.40. The molecule has 0 aliphatic carbocycles. The molecule has 0 aliphatic heterocycles. The van der Waals surface area contributed by atoms with Crippen LogP contribution in [0.15, 0.2) is 0 Å². The van der Waals surface area contributed by atoms with Gasteiger partial charge in [-0.25, -0.2) is 4.98 Å². The van der Waals surface area contributed by atoms with Crippen molar-refractivity contribution in [2.75, 3.05) is 23.7 Å². The molecule has 0 saturated heterocycles. The zero-order valence-electron chi connectivity index (χ0n) is 10.7. The lowest BCUT2D eigenvalue weighted by Gasteiger charge is -2.20. The Hall–Kier alpha value is -1.32. The van der Waals surface area contributed by atoms with E-state index in [0.29, 0.717) is 5.82 Å². The van der Waals surface area contributed by atoms with Gasteiger partial charge >= 0.3 is 0 Å². The molecule has 0 atom stereocenters. The molecule has 0 bridgehead atoms. The average molecular weight is 222 g/mol. The molecule has 0 fully saturated rings. The van der Waals surface area contributed by atoms with E-state index in [1.165, 1.54) is 0 Å². The highest BCUT2D eigenvalue weighted by Gasteiger charge is 2.12. The largest absolute Gasteiger partial charge is 0.383 e. The van der Waals surface area contributed by atoms with Crippen LogP contribution in [0.1, 0.15) is 39.0 Å². The highest BCUT2D eigenvalue weighted by atomic mass is 15.3. The van der Waals surface area contributed by atoms with E-state index in [1.807, 2.05) is 0 Å². The van der Waals surface area contributed by atoms with Gasteiger partial charge < -0.3 is 10.6 Å². The van der Waals surface area contributed by atoms with Gasteiger partial charge in [0.25, 0.3) is 0 Å². The Morgan fingerprint density at radius 2 is 1.62 bits per heavy atom. The lowest BCUT2D eigenvalue weighted by atomic mass is 10.1. The monoisotopic (exact) mass is 222 g/mol. The predicted molar refractivity (Wildman–Crippen MR) is 68.8 cm³/mol. The van der Waals surface area contributed by atoms with Crippen LogP contribution in [-0.4, -0.2) is 23.1 Å². The van der Waals surface area contributed by atoms with Crippen molar-refractivity contribution in [3.05, 3.63) is 11.3 Å². The number of hydrogen-bond acceptors (Lipinski definition) is 4. The smallest absolute Gasteiger partial charge is 0.227 e. The molecule has 1 rings (SSSR count). The second-order valence-electron chi connectivity index (χ2n) is 3.71. The van der Waals surface area contributed by atoms with E-state index in [-0.39, 0.29) is 0 Å². The fourth-order valence-corrected chi connectivity index (χ4v) is 1.86. The van der Waals surface area contributed by atoms with Gasteiger partial charge in [0.05, 0.1) is 5.69 Å². The van der Waals surface area contributed by atoms with Gasteiger partial charge in [0, 0.05) is 18.7 Å². The first-order valence-electron chi connectivity index (χ1n) is 6.07. The maximum absolute atomic E-state index is 5.98. The first-order valence-corrected chi connectivity index (χ1v) is 6.07. The van der Waals surface area contributed by atoms with Crippen LogP contribution in [0.3, 0.4) is 0 Å². The van der Waals surface area contributed by atoms with Crippen molar-refractivity contribution >= 4 is 11.8 Å². The van der Waals surface area contributed by atoms with Crippen LogP contribution in [0.25, 0.3) is 0 Å². The summed E-state index contributed by atoms with van der Waals surface area (Å²) in [5, 5.41) is 0. The normalized spacial score (nSPS) is 10.5. The van der Waals surface area contributed by atoms with Gasteiger partial charge in [0.1, 0.15) is 5.82 Å². The summed E-state index contributed by atoms with van der Waals surface area (Å²) in [6, 6.07) is 0. The van der Waals surface area contributed by atoms with E-state index in [0.717, 1.165) is 43.1 Å². The minimum absolute atomic E-state index is 0.635. The first kappa shape index (κ1) is 12.7. The Morgan fingerprint density at radius 3 is 2.06 bits per heavy atom. The SMILES string of the molecule is CCc1nc(N(CC)CC)nc(N)c1CC. The van der Waals surface area contributed by atoms with Gasteiger partial charge in [0.2, 0.25) is 5.95 Å². The first-order chi connectivity index (χ1) is 7.67. The van der Waals surface area contributed by atoms with E-state index < -0.39 is 0 Å². The number of nitrogen functional groups attached to an aromatic ring is 1. The summed E-state index contributed by atoms with van der Waals surface area (Å²) >= 11 is 0. The van der Waals surface area contributed by atoms with Gasteiger partial charge in [-0.1, -0.05) is 13.8 Å². The molecular formula is C12H22N4.